The van der Waals surface area contributed by atoms with Gasteiger partial charge in [0, 0.05) is 29.9 Å². The van der Waals surface area contributed by atoms with Crippen molar-refractivity contribution in [2.45, 2.75) is 39.2 Å². The van der Waals surface area contributed by atoms with Crippen molar-refractivity contribution in [2.24, 2.45) is 0 Å². The van der Waals surface area contributed by atoms with E-state index in [0.29, 0.717) is 34.8 Å². The largest absolute Gasteiger partial charge is 0.320 e. The molecule has 1 fully saturated rings. The van der Waals surface area contributed by atoms with Gasteiger partial charge in [0.2, 0.25) is 5.91 Å². The van der Waals surface area contributed by atoms with Gasteiger partial charge in [-0.2, -0.15) is 0 Å². The molecule has 7 nitrogen and oxygen atoms in total. The monoisotopic (exact) mass is 421 g/mol. The zero-order valence-corrected chi connectivity index (χ0v) is 18.4. The molecule has 0 bridgehead atoms. The fourth-order valence-electron chi connectivity index (χ4n) is 4.63. The van der Waals surface area contributed by atoms with Crippen molar-refractivity contribution in [2.75, 3.05) is 38.0 Å². The maximum atomic E-state index is 12.6. The number of hydrogen-bond donors (Lipinski definition) is 2. The Morgan fingerprint density at radius 2 is 1.90 bits per heavy atom. The summed E-state index contributed by atoms with van der Waals surface area (Å²) in [5.74, 6) is 0.449. The Morgan fingerprint density at radius 3 is 2.61 bits per heavy atom. The number of pyridine rings is 2. The van der Waals surface area contributed by atoms with Crippen LogP contribution in [0.3, 0.4) is 0 Å². The van der Waals surface area contributed by atoms with Crippen molar-refractivity contribution >= 4 is 33.5 Å². The van der Waals surface area contributed by atoms with Crippen LogP contribution in [0.4, 0.5) is 5.82 Å². The van der Waals surface area contributed by atoms with E-state index in [1.165, 1.54) is 6.42 Å². The number of fused-ring (bicyclic) bond motifs is 3. The van der Waals surface area contributed by atoms with Crippen LogP contribution >= 0.6 is 0 Å². The fourth-order valence-corrected chi connectivity index (χ4v) is 4.63. The molecule has 0 radical (unpaired) electrons. The van der Waals surface area contributed by atoms with Gasteiger partial charge in [-0.25, -0.2) is 4.98 Å². The Labute approximate surface area is 182 Å². The predicted molar refractivity (Wildman–Crippen MR) is 125 cm³/mol. The van der Waals surface area contributed by atoms with Crippen LogP contribution in [0.15, 0.2) is 41.2 Å². The normalized spacial score (nSPS) is 15.7. The summed E-state index contributed by atoms with van der Waals surface area (Å²) in [6.07, 6.45) is 3.39. The van der Waals surface area contributed by atoms with Gasteiger partial charge in [-0.05, 0) is 50.6 Å². The van der Waals surface area contributed by atoms with Crippen LogP contribution in [0.1, 0.15) is 33.1 Å². The van der Waals surface area contributed by atoms with E-state index in [4.69, 9.17) is 0 Å². The van der Waals surface area contributed by atoms with Crippen molar-refractivity contribution < 1.29 is 4.79 Å². The van der Waals surface area contributed by atoms with E-state index in [1.54, 1.807) is 18.2 Å². The van der Waals surface area contributed by atoms with E-state index >= 15 is 0 Å². The first-order valence-corrected chi connectivity index (χ1v) is 11.3. The molecule has 4 rings (SSSR count). The second-order valence-electron chi connectivity index (χ2n) is 8.28. The standard InChI is InChI=1S/C24H31N5O2/c1-3-13-29(4-2)17-11-14-28(15-12-17)16-22(30)26-21-10-9-20-23(27-21)18-7-5-6-8-19(18)24(31)25-20/h5-10,17H,3-4,11-16H2,1-2H3,(H,25,31)(H,26,27,30). The Hall–Kier alpha value is -2.77. The van der Waals surface area contributed by atoms with Gasteiger partial charge >= 0.3 is 0 Å². The van der Waals surface area contributed by atoms with E-state index in [9.17, 15) is 9.59 Å². The van der Waals surface area contributed by atoms with Gasteiger partial charge < -0.3 is 15.2 Å². The smallest absolute Gasteiger partial charge is 0.256 e. The third-order valence-corrected chi connectivity index (χ3v) is 6.20. The van der Waals surface area contributed by atoms with E-state index in [1.807, 2.05) is 18.2 Å². The average Bonchev–Trinajstić information content (AvgIpc) is 2.79. The van der Waals surface area contributed by atoms with Gasteiger partial charge in [0.25, 0.3) is 5.56 Å². The quantitative estimate of drug-likeness (QED) is 0.573. The molecular formula is C24H31N5O2. The van der Waals surface area contributed by atoms with Crippen molar-refractivity contribution in [3.63, 3.8) is 0 Å². The molecule has 2 aromatic heterocycles. The van der Waals surface area contributed by atoms with Crippen molar-refractivity contribution in [3.05, 3.63) is 46.8 Å². The summed E-state index contributed by atoms with van der Waals surface area (Å²) in [7, 11) is 0. The molecule has 3 aromatic rings. The fraction of sp³-hybridized carbons (Fsp3) is 0.458. The zero-order chi connectivity index (χ0) is 21.8. The number of rotatable bonds is 7. The minimum Gasteiger partial charge on any atom is -0.320 e. The molecule has 0 spiro atoms. The Kier molecular flexibility index (Phi) is 6.63. The molecule has 1 amide bonds. The lowest BCUT2D eigenvalue weighted by molar-refractivity contribution is -0.117. The van der Waals surface area contributed by atoms with E-state index < -0.39 is 0 Å². The van der Waals surface area contributed by atoms with Crippen LogP contribution in [0.2, 0.25) is 0 Å². The topological polar surface area (TPSA) is 81.3 Å². The first-order chi connectivity index (χ1) is 15.1. The van der Waals surface area contributed by atoms with Crippen LogP contribution in [-0.4, -0.2) is 64.4 Å². The van der Waals surface area contributed by atoms with E-state index in [2.05, 4.69) is 38.9 Å². The molecule has 164 valence electrons. The van der Waals surface area contributed by atoms with Gasteiger partial charge in [-0.15, -0.1) is 0 Å². The number of likely N-dealkylation sites (tertiary alicyclic amines) is 1. The lowest BCUT2D eigenvalue weighted by Gasteiger charge is -2.37. The summed E-state index contributed by atoms with van der Waals surface area (Å²) < 4.78 is 0. The number of H-pyrrole nitrogens is 1. The number of nitrogens with one attached hydrogen (secondary N) is 2. The summed E-state index contributed by atoms with van der Waals surface area (Å²) in [6.45, 7) is 8.94. The molecule has 0 aliphatic carbocycles. The van der Waals surface area contributed by atoms with Crippen LogP contribution in [-0.2, 0) is 4.79 Å². The molecule has 0 unspecified atom stereocenters. The Bertz CT molecular complexity index is 1120. The summed E-state index contributed by atoms with van der Waals surface area (Å²) in [5, 5.41) is 4.31. The molecule has 7 heteroatoms. The molecule has 3 heterocycles. The second-order valence-corrected chi connectivity index (χ2v) is 8.28. The first-order valence-electron chi connectivity index (χ1n) is 11.3. The highest BCUT2D eigenvalue weighted by atomic mass is 16.2. The summed E-state index contributed by atoms with van der Waals surface area (Å²) in [6, 6.07) is 11.5. The number of aromatic amines is 1. The van der Waals surface area contributed by atoms with Crippen LogP contribution in [0.5, 0.6) is 0 Å². The number of hydrogen-bond acceptors (Lipinski definition) is 5. The molecule has 1 saturated heterocycles. The highest BCUT2D eigenvalue weighted by Gasteiger charge is 2.24. The van der Waals surface area contributed by atoms with Crippen LogP contribution < -0.4 is 10.9 Å². The SMILES string of the molecule is CCCN(CC)C1CCN(CC(=O)Nc2ccc3[nH]c(=O)c4ccccc4c3n2)CC1. The highest BCUT2D eigenvalue weighted by Crippen LogP contribution is 2.21. The second kappa shape index (κ2) is 9.58. The molecule has 1 aliphatic heterocycles. The lowest BCUT2D eigenvalue weighted by Crippen LogP contribution is -2.46. The molecule has 0 atom stereocenters. The average molecular weight is 422 g/mol. The number of aromatic nitrogens is 2. The minimum absolute atomic E-state index is 0.0556. The summed E-state index contributed by atoms with van der Waals surface area (Å²) in [4.78, 5) is 37.1. The molecule has 1 aromatic carbocycles. The highest BCUT2D eigenvalue weighted by molar-refractivity contribution is 6.03. The van der Waals surface area contributed by atoms with Gasteiger partial charge in [0.05, 0.1) is 17.6 Å². The van der Waals surface area contributed by atoms with Crippen molar-refractivity contribution in [1.82, 2.24) is 19.8 Å². The molecule has 0 saturated carbocycles. The van der Waals surface area contributed by atoms with E-state index in [-0.39, 0.29) is 11.5 Å². The van der Waals surface area contributed by atoms with Gasteiger partial charge in [-0.3, -0.25) is 14.5 Å². The van der Waals surface area contributed by atoms with Crippen molar-refractivity contribution in [3.8, 4) is 0 Å². The maximum Gasteiger partial charge on any atom is 0.256 e. The van der Waals surface area contributed by atoms with Crippen LogP contribution in [0, 0.1) is 0 Å². The summed E-state index contributed by atoms with van der Waals surface area (Å²) in [5.41, 5.74) is 1.21. The van der Waals surface area contributed by atoms with Gasteiger partial charge in [-0.1, -0.05) is 32.0 Å². The zero-order valence-electron chi connectivity index (χ0n) is 18.4. The number of carbonyl (C=O) groups excluding carboxylic acids is 1. The molecule has 31 heavy (non-hydrogen) atoms. The number of anilines is 1. The predicted octanol–water partition coefficient (Wildman–Crippen LogP) is 3.21. The number of amides is 1. The first kappa shape index (κ1) is 21.5. The third-order valence-electron chi connectivity index (χ3n) is 6.20. The molecule has 2 N–H and O–H groups in total. The number of carbonyl (C=O) groups is 1. The minimum atomic E-state index is -0.134. The number of nitrogens with zero attached hydrogens (tertiary/aromatic N) is 3. The summed E-state index contributed by atoms with van der Waals surface area (Å²) >= 11 is 0. The third kappa shape index (κ3) is 4.78. The molecule has 1 aliphatic rings. The van der Waals surface area contributed by atoms with Gasteiger partial charge in [0.1, 0.15) is 5.82 Å². The lowest BCUT2D eigenvalue weighted by atomic mass is 10.0. The number of piperidine rings is 1. The molecular weight excluding hydrogens is 390 g/mol. The number of benzene rings is 1. The van der Waals surface area contributed by atoms with Crippen molar-refractivity contribution in [1.29, 1.82) is 0 Å². The Morgan fingerprint density at radius 1 is 1.16 bits per heavy atom. The van der Waals surface area contributed by atoms with Crippen LogP contribution in [0.25, 0.3) is 21.8 Å². The Balaban J connectivity index is 1.41. The maximum absolute atomic E-state index is 12.6. The van der Waals surface area contributed by atoms with Gasteiger partial charge in [0.15, 0.2) is 0 Å². The van der Waals surface area contributed by atoms with E-state index in [0.717, 1.165) is 44.4 Å².